The van der Waals surface area contributed by atoms with Gasteiger partial charge >= 0.3 is 0 Å². The molecular formula is C25H46N2O7. The van der Waals surface area contributed by atoms with Gasteiger partial charge in [0.2, 0.25) is 17.7 Å². The molecule has 198 valence electrons. The molecule has 9 heteroatoms. The highest BCUT2D eigenvalue weighted by molar-refractivity contribution is 6.03. The number of nitrogens with zero attached hydrogens (tertiary/aromatic N) is 1. The van der Waals surface area contributed by atoms with E-state index in [9.17, 15) is 14.4 Å². The first-order chi connectivity index (χ1) is 15.9. The van der Waals surface area contributed by atoms with E-state index in [1.165, 1.54) is 4.90 Å². The Morgan fingerprint density at radius 2 is 1.35 bits per heavy atom. The summed E-state index contributed by atoms with van der Waals surface area (Å²) < 4.78 is 21.8. The van der Waals surface area contributed by atoms with Crippen molar-refractivity contribution in [2.45, 2.75) is 60.8 Å². The second-order valence-corrected chi connectivity index (χ2v) is 10.9. The zero-order chi connectivity index (χ0) is 25.6. The summed E-state index contributed by atoms with van der Waals surface area (Å²) in [6.07, 6.45) is 1.58. The van der Waals surface area contributed by atoms with Gasteiger partial charge in [-0.05, 0) is 17.3 Å². The summed E-state index contributed by atoms with van der Waals surface area (Å²) in [7, 11) is 0. The predicted octanol–water partition coefficient (Wildman–Crippen LogP) is 2.42. The number of hydrogen-bond donors (Lipinski definition) is 1. The van der Waals surface area contributed by atoms with E-state index in [4.69, 9.17) is 18.9 Å². The fraction of sp³-hybridized carbons (Fsp3) is 0.880. The molecule has 1 N–H and O–H groups in total. The third kappa shape index (κ3) is 13.4. The van der Waals surface area contributed by atoms with Gasteiger partial charge in [-0.1, -0.05) is 41.5 Å². The summed E-state index contributed by atoms with van der Waals surface area (Å²) in [6.45, 7) is 16.6. The largest absolute Gasteiger partial charge is 0.379 e. The minimum absolute atomic E-state index is 0.00789. The van der Waals surface area contributed by atoms with Crippen molar-refractivity contribution in [3.63, 3.8) is 0 Å². The van der Waals surface area contributed by atoms with Crippen LogP contribution >= 0.6 is 0 Å². The predicted molar refractivity (Wildman–Crippen MR) is 129 cm³/mol. The second-order valence-electron chi connectivity index (χ2n) is 10.9. The lowest BCUT2D eigenvalue weighted by Gasteiger charge is -2.24. The zero-order valence-electron chi connectivity index (χ0n) is 22.1. The maximum atomic E-state index is 12.4. The summed E-state index contributed by atoms with van der Waals surface area (Å²) in [5.41, 5.74) is -0.00245. The van der Waals surface area contributed by atoms with E-state index < -0.39 is 0 Å². The Labute approximate surface area is 205 Å². The highest BCUT2D eigenvalue weighted by atomic mass is 16.6. The van der Waals surface area contributed by atoms with Crippen LogP contribution in [0.25, 0.3) is 0 Å². The van der Waals surface area contributed by atoms with Gasteiger partial charge in [0.25, 0.3) is 0 Å². The summed E-state index contributed by atoms with van der Waals surface area (Å²) in [5.74, 6) is -0.465. The number of hydrogen-bond acceptors (Lipinski definition) is 7. The van der Waals surface area contributed by atoms with Crippen LogP contribution in [0, 0.1) is 16.7 Å². The molecule has 1 heterocycles. The molecule has 0 radical (unpaired) electrons. The molecular weight excluding hydrogens is 440 g/mol. The molecule has 3 amide bonds. The Morgan fingerprint density at radius 1 is 0.853 bits per heavy atom. The monoisotopic (exact) mass is 486 g/mol. The molecule has 0 aromatic carbocycles. The number of amides is 3. The van der Waals surface area contributed by atoms with Crippen LogP contribution in [0.15, 0.2) is 0 Å². The third-order valence-corrected chi connectivity index (χ3v) is 5.54. The smallest absolute Gasteiger partial charge is 0.233 e. The Kier molecular flexibility index (Phi) is 13.8. The molecule has 1 aliphatic heterocycles. The topological polar surface area (TPSA) is 103 Å². The summed E-state index contributed by atoms with van der Waals surface area (Å²) in [6, 6.07) is 0. The average molecular weight is 487 g/mol. The quantitative estimate of drug-likeness (QED) is 0.249. The van der Waals surface area contributed by atoms with Crippen LogP contribution in [0.2, 0.25) is 0 Å². The number of ether oxygens (including phenoxy) is 4. The maximum Gasteiger partial charge on any atom is 0.233 e. The van der Waals surface area contributed by atoms with Gasteiger partial charge < -0.3 is 24.3 Å². The number of carbonyl (C=O) groups is 3. The van der Waals surface area contributed by atoms with E-state index in [2.05, 4.69) is 26.1 Å². The lowest BCUT2D eigenvalue weighted by Crippen LogP contribution is -2.36. The van der Waals surface area contributed by atoms with Gasteiger partial charge in [-0.25, -0.2) is 0 Å². The molecule has 1 atom stereocenters. The van der Waals surface area contributed by atoms with Crippen molar-refractivity contribution < 1.29 is 33.3 Å². The Hall–Kier alpha value is -1.55. The molecule has 0 aliphatic carbocycles. The number of rotatable bonds is 17. The van der Waals surface area contributed by atoms with E-state index in [1.807, 2.05) is 20.8 Å². The van der Waals surface area contributed by atoms with Crippen molar-refractivity contribution in [1.82, 2.24) is 10.2 Å². The van der Waals surface area contributed by atoms with Crippen LogP contribution in [0.4, 0.5) is 0 Å². The molecule has 0 bridgehead atoms. The van der Waals surface area contributed by atoms with Crippen molar-refractivity contribution >= 4 is 17.7 Å². The molecule has 1 rings (SSSR count). The molecule has 1 aliphatic rings. The first kappa shape index (κ1) is 30.5. The van der Waals surface area contributed by atoms with Gasteiger partial charge in [-0.15, -0.1) is 0 Å². The highest BCUT2D eigenvalue weighted by Crippen LogP contribution is 2.35. The van der Waals surface area contributed by atoms with Crippen LogP contribution in [-0.2, 0) is 33.3 Å². The summed E-state index contributed by atoms with van der Waals surface area (Å²) in [4.78, 5) is 37.5. The third-order valence-electron chi connectivity index (χ3n) is 5.54. The van der Waals surface area contributed by atoms with Crippen molar-refractivity contribution in [1.29, 1.82) is 0 Å². The van der Waals surface area contributed by atoms with Gasteiger partial charge in [0, 0.05) is 19.4 Å². The van der Waals surface area contributed by atoms with Crippen molar-refractivity contribution in [2.24, 2.45) is 16.7 Å². The highest BCUT2D eigenvalue weighted by Gasteiger charge is 2.44. The van der Waals surface area contributed by atoms with Gasteiger partial charge in [-0.3, -0.25) is 19.3 Å². The van der Waals surface area contributed by atoms with E-state index >= 15 is 0 Å². The van der Waals surface area contributed by atoms with E-state index in [0.717, 1.165) is 6.42 Å². The fourth-order valence-electron chi connectivity index (χ4n) is 3.34. The van der Waals surface area contributed by atoms with Crippen LogP contribution < -0.4 is 5.32 Å². The van der Waals surface area contributed by atoms with Crippen LogP contribution in [0.3, 0.4) is 0 Å². The molecule has 0 saturated carbocycles. The van der Waals surface area contributed by atoms with Crippen LogP contribution in [-0.4, -0.2) is 88.6 Å². The summed E-state index contributed by atoms with van der Waals surface area (Å²) >= 11 is 0. The number of likely N-dealkylation sites (tertiary alicyclic amines) is 1. The average Bonchev–Trinajstić information content (AvgIpc) is 3.01. The molecule has 34 heavy (non-hydrogen) atoms. The fourth-order valence-corrected chi connectivity index (χ4v) is 3.34. The van der Waals surface area contributed by atoms with Gasteiger partial charge in [0.1, 0.15) is 0 Å². The molecule has 1 fully saturated rings. The second kappa shape index (κ2) is 15.4. The molecule has 9 nitrogen and oxygen atoms in total. The normalized spacial score (nSPS) is 17.0. The maximum absolute atomic E-state index is 12.4. The minimum Gasteiger partial charge on any atom is -0.379 e. The Bertz CT molecular complexity index is 626. The van der Waals surface area contributed by atoms with E-state index in [1.54, 1.807) is 0 Å². The summed E-state index contributed by atoms with van der Waals surface area (Å²) in [5, 5.41) is 2.90. The van der Waals surface area contributed by atoms with Gasteiger partial charge in [0.05, 0.1) is 65.3 Å². The first-order valence-corrected chi connectivity index (χ1v) is 12.3. The number of nitrogens with one attached hydrogen (secondary N) is 1. The van der Waals surface area contributed by atoms with Crippen LogP contribution in [0.5, 0.6) is 0 Å². The van der Waals surface area contributed by atoms with Crippen LogP contribution in [0.1, 0.15) is 60.8 Å². The van der Waals surface area contributed by atoms with E-state index in [0.29, 0.717) is 65.8 Å². The zero-order valence-corrected chi connectivity index (χ0v) is 22.1. The lowest BCUT2D eigenvalue weighted by molar-refractivity contribution is -0.141. The van der Waals surface area contributed by atoms with Gasteiger partial charge in [-0.2, -0.15) is 0 Å². The lowest BCUT2D eigenvalue weighted by atomic mass is 9.80. The minimum atomic E-state index is -0.253. The number of imide groups is 1. The Morgan fingerprint density at radius 3 is 1.82 bits per heavy atom. The molecule has 0 aromatic heterocycles. The molecule has 1 unspecified atom stereocenters. The Balaban J connectivity index is 1.88. The first-order valence-electron chi connectivity index (χ1n) is 12.3. The molecule has 1 saturated heterocycles. The molecule has 0 spiro atoms. The number of carbonyl (C=O) groups excluding carboxylic acids is 3. The van der Waals surface area contributed by atoms with E-state index in [-0.39, 0.29) is 47.4 Å². The standard InChI is InChI=1S/C25H46N2O7/c1-24(2,3)8-9-26-21(28)7-11-31-13-15-33-17-18-34-16-14-32-12-10-27-22(29)19-20(23(27)30)25(4,5)6/h20H,7-19H2,1-6H3,(H,26,28). The molecule has 0 aromatic rings. The van der Waals surface area contributed by atoms with Crippen molar-refractivity contribution in [3.05, 3.63) is 0 Å². The van der Waals surface area contributed by atoms with Crippen molar-refractivity contribution in [2.75, 3.05) is 65.9 Å². The van der Waals surface area contributed by atoms with Crippen molar-refractivity contribution in [3.8, 4) is 0 Å². The van der Waals surface area contributed by atoms with Gasteiger partial charge in [0.15, 0.2) is 0 Å². The SMILES string of the molecule is CC(C)(C)CCNC(=O)CCOCCOCCOCCOCCN1C(=O)CC(C(C)(C)C)C1=O.